The van der Waals surface area contributed by atoms with Crippen LogP contribution < -0.4 is 34.3 Å². The fraction of sp³-hybridized carbons (Fsp3) is 0.240. The zero-order chi connectivity index (χ0) is 24.2. The number of aromatic amines is 1. The minimum absolute atomic E-state index is 0. The number of rotatable bonds is 5. The fourth-order valence-corrected chi connectivity index (χ4v) is 5.03. The summed E-state index contributed by atoms with van der Waals surface area (Å²) in [5.74, 6) is 1.97. The van der Waals surface area contributed by atoms with E-state index in [1.54, 1.807) is 18.4 Å². The van der Waals surface area contributed by atoms with E-state index >= 15 is 0 Å². The topological polar surface area (TPSA) is 108 Å². The van der Waals surface area contributed by atoms with E-state index in [0.717, 1.165) is 49.6 Å². The number of nitrogens with one attached hydrogen (secondary N) is 1. The molecule has 4 heterocycles. The molecule has 0 saturated heterocycles. The predicted molar refractivity (Wildman–Crippen MR) is 136 cm³/mol. The zero-order valence-electron chi connectivity index (χ0n) is 21.7. The quantitative estimate of drug-likeness (QED) is 0.356. The SMILES string of the molecule is COc1ccc2c(c1)c(-c1nn[nH]n1)nn2Cc1ccc2oc(-c3nc(C(C)(C)C)cs3)cc2c1.[H-].[Na+]. The largest absolute Gasteiger partial charge is 1.00 e. The van der Waals surface area contributed by atoms with Gasteiger partial charge < -0.3 is 10.6 Å². The van der Waals surface area contributed by atoms with Gasteiger partial charge in [-0.05, 0) is 47.2 Å². The molecule has 0 amide bonds. The van der Waals surface area contributed by atoms with Gasteiger partial charge in [-0.3, -0.25) is 4.68 Å². The van der Waals surface area contributed by atoms with E-state index in [1.165, 1.54) is 0 Å². The molecule has 4 aromatic heterocycles. The molecule has 0 bridgehead atoms. The van der Waals surface area contributed by atoms with Crippen LogP contribution in [0.3, 0.4) is 0 Å². The van der Waals surface area contributed by atoms with Crippen LogP contribution in [0.2, 0.25) is 0 Å². The Labute approximate surface area is 234 Å². The van der Waals surface area contributed by atoms with Crippen molar-refractivity contribution in [3.05, 3.63) is 59.1 Å². The molecule has 178 valence electrons. The van der Waals surface area contributed by atoms with Gasteiger partial charge in [0.15, 0.2) is 10.8 Å². The first-order chi connectivity index (χ1) is 16.9. The molecule has 0 radical (unpaired) electrons. The number of hydrogen-bond donors (Lipinski definition) is 1. The van der Waals surface area contributed by atoms with Crippen LogP contribution in [0.1, 0.15) is 33.5 Å². The average Bonchev–Trinajstić information content (AvgIpc) is 3.63. The summed E-state index contributed by atoms with van der Waals surface area (Å²) in [5, 5.41) is 24.2. The summed E-state index contributed by atoms with van der Waals surface area (Å²) < 4.78 is 13.5. The van der Waals surface area contributed by atoms with Crippen molar-refractivity contribution in [2.45, 2.75) is 32.7 Å². The van der Waals surface area contributed by atoms with Gasteiger partial charge in [0, 0.05) is 21.6 Å². The Bertz CT molecular complexity index is 1670. The van der Waals surface area contributed by atoms with Crippen molar-refractivity contribution in [3.63, 3.8) is 0 Å². The molecule has 2 aromatic carbocycles. The molecule has 0 unspecified atom stereocenters. The van der Waals surface area contributed by atoms with Crippen LogP contribution in [-0.4, -0.2) is 42.5 Å². The van der Waals surface area contributed by atoms with Crippen LogP contribution in [0.25, 0.3) is 44.2 Å². The first-order valence-electron chi connectivity index (χ1n) is 11.2. The molecule has 0 fully saturated rings. The van der Waals surface area contributed by atoms with Crippen molar-refractivity contribution in [3.8, 4) is 28.0 Å². The Kier molecular flexibility index (Phi) is 6.46. The third kappa shape index (κ3) is 4.45. The van der Waals surface area contributed by atoms with Gasteiger partial charge in [0.2, 0.25) is 5.82 Å². The van der Waals surface area contributed by atoms with Crippen LogP contribution in [0.5, 0.6) is 5.75 Å². The van der Waals surface area contributed by atoms with E-state index < -0.39 is 0 Å². The molecular weight excluding hydrogens is 485 g/mol. The molecule has 11 heteroatoms. The Morgan fingerprint density at radius 1 is 1.14 bits per heavy atom. The van der Waals surface area contributed by atoms with E-state index in [2.05, 4.69) is 65.0 Å². The maximum Gasteiger partial charge on any atom is 1.00 e. The summed E-state index contributed by atoms with van der Waals surface area (Å²) in [6.45, 7) is 7.06. The van der Waals surface area contributed by atoms with Crippen molar-refractivity contribution in [1.29, 1.82) is 0 Å². The Balaban J connectivity index is 0.00000160. The summed E-state index contributed by atoms with van der Waals surface area (Å²) in [6.07, 6.45) is 0. The fourth-order valence-electron chi connectivity index (χ4n) is 4.03. The molecule has 0 aliphatic rings. The second kappa shape index (κ2) is 9.44. The molecule has 0 atom stereocenters. The van der Waals surface area contributed by atoms with Gasteiger partial charge >= 0.3 is 29.6 Å². The first kappa shape index (κ1) is 24.6. The summed E-state index contributed by atoms with van der Waals surface area (Å²) >= 11 is 1.61. The van der Waals surface area contributed by atoms with E-state index in [4.69, 9.17) is 19.2 Å². The maximum absolute atomic E-state index is 6.12. The van der Waals surface area contributed by atoms with E-state index in [9.17, 15) is 0 Å². The van der Waals surface area contributed by atoms with Crippen molar-refractivity contribution in [1.82, 2.24) is 35.4 Å². The number of hydrogen-bond acceptors (Lipinski definition) is 8. The molecule has 0 aliphatic carbocycles. The smallest absolute Gasteiger partial charge is 1.00 e. The minimum Gasteiger partial charge on any atom is -1.00 e. The van der Waals surface area contributed by atoms with Crippen molar-refractivity contribution >= 4 is 33.2 Å². The second-order valence-electron chi connectivity index (χ2n) is 9.40. The standard InChI is InChI=1S/C25H23N7O2S.Na.H/c1-25(2,3)21-13-35-24(26-21)20-10-15-9-14(5-8-19(15)34-20)12-32-18-7-6-16(33-4)11-17(18)22(29-32)23-27-30-31-28-23;;/h5-11,13H,12H2,1-4H3,(H,27,28,30,31);;/q;+1;-1. The molecule has 9 nitrogen and oxygen atoms in total. The molecule has 6 aromatic rings. The number of methoxy groups -OCH3 is 1. The monoisotopic (exact) mass is 509 g/mol. The number of fused-ring (bicyclic) bond motifs is 2. The number of thiazole rings is 1. The summed E-state index contributed by atoms with van der Waals surface area (Å²) in [5.41, 5.74) is 4.61. The normalized spacial score (nSPS) is 11.8. The van der Waals surface area contributed by atoms with E-state index in [0.29, 0.717) is 18.1 Å². The molecule has 0 saturated carbocycles. The maximum atomic E-state index is 6.12. The third-order valence-corrected chi connectivity index (χ3v) is 6.77. The van der Waals surface area contributed by atoms with Crippen LogP contribution >= 0.6 is 11.3 Å². The number of furan rings is 1. The molecule has 1 N–H and O–H groups in total. The molecule has 0 spiro atoms. The van der Waals surface area contributed by atoms with Gasteiger partial charge in [-0.15, -0.1) is 21.5 Å². The van der Waals surface area contributed by atoms with Gasteiger partial charge in [-0.25, -0.2) is 4.98 Å². The second-order valence-corrected chi connectivity index (χ2v) is 10.3. The molecular formula is C25H24N7NaO2S. The van der Waals surface area contributed by atoms with Gasteiger partial charge in [0.05, 0.1) is 24.9 Å². The average molecular weight is 510 g/mol. The Morgan fingerprint density at radius 3 is 2.72 bits per heavy atom. The number of tetrazole rings is 1. The number of nitrogens with zero attached hydrogens (tertiary/aromatic N) is 6. The van der Waals surface area contributed by atoms with Gasteiger partial charge in [-0.1, -0.05) is 26.8 Å². The van der Waals surface area contributed by atoms with Gasteiger partial charge in [0.1, 0.15) is 17.0 Å². The molecule has 0 aliphatic heterocycles. The first-order valence-corrected chi connectivity index (χ1v) is 12.0. The van der Waals surface area contributed by atoms with Crippen LogP contribution in [0.4, 0.5) is 0 Å². The third-order valence-electron chi connectivity index (χ3n) is 5.91. The number of ether oxygens (including phenoxy) is 1. The van der Waals surface area contributed by atoms with Crippen LogP contribution in [0, 0.1) is 0 Å². The summed E-state index contributed by atoms with van der Waals surface area (Å²) in [6, 6.07) is 14.1. The van der Waals surface area contributed by atoms with Crippen molar-refractivity contribution in [2.24, 2.45) is 0 Å². The minimum atomic E-state index is 0. The number of benzene rings is 2. The number of H-pyrrole nitrogens is 1. The molecule has 6 rings (SSSR count). The van der Waals surface area contributed by atoms with Crippen LogP contribution in [0.15, 0.2) is 52.3 Å². The summed E-state index contributed by atoms with van der Waals surface area (Å²) in [4.78, 5) is 4.79. The Morgan fingerprint density at radius 2 is 2.00 bits per heavy atom. The zero-order valence-corrected chi connectivity index (χ0v) is 23.6. The van der Waals surface area contributed by atoms with Gasteiger partial charge in [-0.2, -0.15) is 10.3 Å². The van der Waals surface area contributed by atoms with Crippen molar-refractivity contribution < 1.29 is 40.1 Å². The number of aromatic nitrogens is 7. The summed E-state index contributed by atoms with van der Waals surface area (Å²) in [7, 11) is 1.64. The molecule has 36 heavy (non-hydrogen) atoms. The predicted octanol–water partition coefficient (Wildman–Crippen LogP) is 2.56. The Hall–Kier alpha value is -3.05. The van der Waals surface area contributed by atoms with Gasteiger partial charge in [0.25, 0.3) is 0 Å². The van der Waals surface area contributed by atoms with Crippen LogP contribution in [-0.2, 0) is 12.0 Å². The van der Waals surface area contributed by atoms with E-state index in [1.807, 2.05) is 28.9 Å². The van der Waals surface area contributed by atoms with Crippen molar-refractivity contribution in [2.75, 3.05) is 7.11 Å². The van der Waals surface area contributed by atoms with E-state index in [-0.39, 0.29) is 36.4 Å².